The normalized spacial score (nSPS) is 14.5. The molecule has 0 spiro atoms. The largest absolute Gasteiger partial charge is 0.358 e. The van der Waals surface area contributed by atoms with Crippen LogP contribution in [0.3, 0.4) is 0 Å². The number of nitrogens with one attached hydrogen (secondary N) is 1. The lowest BCUT2D eigenvalue weighted by atomic mass is 10.00. The number of Topliss-reactive ketones (excluding diaryl/α,β-unsaturated/α-hetero) is 1. The molecular formula is C21H19N5O. The van der Waals surface area contributed by atoms with E-state index in [1.165, 1.54) is 0 Å². The number of ketones is 1. The van der Waals surface area contributed by atoms with Gasteiger partial charge in [-0.1, -0.05) is 18.2 Å². The van der Waals surface area contributed by atoms with E-state index in [0.29, 0.717) is 17.1 Å². The molecule has 1 saturated heterocycles. The fraction of sp³-hybridized carbons (Fsp3) is 0.238. The molecule has 6 nitrogen and oxygen atoms in total. The summed E-state index contributed by atoms with van der Waals surface area (Å²) in [7, 11) is 0. The Labute approximate surface area is 157 Å². The number of carbonyl (C=O) groups excluding carboxylic acids is 1. The summed E-state index contributed by atoms with van der Waals surface area (Å²) >= 11 is 0. The second kappa shape index (κ2) is 7.04. The van der Waals surface area contributed by atoms with Crippen molar-refractivity contribution in [2.24, 2.45) is 0 Å². The number of H-pyrrole nitrogens is 1. The van der Waals surface area contributed by atoms with E-state index in [0.717, 1.165) is 42.5 Å². The number of nitrogens with zero attached hydrogens (tertiary/aromatic N) is 4. The number of para-hydroxylation sites is 1. The highest BCUT2D eigenvalue weighted by atomic mass is 16.1. The second-order valence-corrected chi connectivity index (χ2v) is 6.68. The van der Waals surface area contributed by atoms with Crippen LogP contribution in [0.15, 0.2) is 42.2 Å². The van der Waals surface area contributed by atoms with Gasteiger partial charge in [0.15, 0.2) is 0 Å². The third kappa shape index (κ3) is 3.20. The summed E-state index contributed by atoms with van der Waals surface area (Å²) in [6, 6.07) is 9.62. The first kappa shape index (κ1) is 17.0. The molecular weight excluding hydrogens is 338 g/mol. The van der Waals surface area contributed by atoms with Gasteiger partial charge in [0, 0.05) is 47.6 Å². The van der Waals surface area contributed by atoms with E-state index < -0.39 is 0 Å². The maximum atomic E-state index is 13.0. The van der Waals surface area contributed by atoms with Crippen molar-refractivity contribution in [1.82, 2.24) is 15.0 Å². The fourth-order valence-electron chi connectivity index (χ4n) is 3.51. The molecule has 0 aliphatic carbocycles. The Bertz CT molecular complexity index is 1070. The molecule has 1 fully saturated rings. The van der Waals surface area contributed by atoms with E-state index in [4.69, 9.17) is 0 Å². The number of hydrogen-bond donors (Lipinski definition) is 1. The molecule has 2 aromatic heterocycles. The number of aryl methyl sites for hydroxylation is 1. The molecule has 134 valence electrons. The number of aromatic nitrogens is 3. The predicted molar refractivity (Wildman–Crippen MR) is 104 cm³/mol. The number of anilines is 1. The maximum absolute atomic E-state index is 13.0. The van der Waals surface area contributed by atoms with Crippen LogP contribution in [0.4, 0.5) is 5.95 Å². The summed E-state index contributed by atoms with van der Waals surface area (Å²) in [5.41, 5.74) is 2.88. The van der Waals surface area contributed by atoms with Crippen molar-refractivity contribution in [2.75, 3.05) is 18.0 Å². The molecule has 0 radical (unpaired) electrons. The highest BCUT2D eigenvalue weighted by molar-refractivity contribution is 6.20. The van der Waals surface area contributed by atoms with Crippen LogP contribution in [0.25, 0.3) is 17.0 Å². The van der Waals surface area contributed by atoms with Gasteiger partial charge in [0.2, 0.25) is 11.7 Å². The smallest absolute Gasteiger partial charge is 0.225 e. The van der Waals surface area contributed by atoms with E-state index in [9.17, 15) is 10.1 Å². The van der Waals surface area contributed by atoms with Gasteiger partial charge in [0.05, 0.1) is 5.56 Å². The minimum atomic E-state index is -0.295. The summed E-state index contributed by atoms with van der Waals surface area (Å²) in [6.07, 6.45) is 7.18. The van der Waals surface area contributed by atoms with Crippen LogP contribution in [-0.4, -0.2) is 33.8 Å². The zero-order valence-corrected chi connectivity index (χ0v) is 15.1. The number of fused-ring (bicyclic) bond motifs is 1. The van der Waals surface area contributed by atoms with Gasteiger partial charge in [0.25, 0.3) is 0 Å². The van der Waals surface area contributed by atoms with Crippen molar-refractivity contribution in [3.8, 4) is 6.07 Å². The summed E-state index contributed by atoms with van der Waals surface area (Å²) in [5.74, 6) is 0.401. The number of carbonyl (C=O) groups is 1. The molecule has 0 atom stereocenters. The average molecular weight is 357 g/mol. The summed E-state index contributed by atoms with van der Waals surface area (Å²) in [4.78, 5) is 27.1. The lowest BCUT2D eigenvalue weighted by Gasteiger charge is -2.14. The molecule has 6 heteroatoms. The molecule has 0 saturated carbocycles. The average Bonchev–Trinajstić information content (AvgIpc) is 3.33. The first-order valence-electron chi connectivity index (χ1n) is 8.98. The van der Waals surface area contributed by atoms with Crippen LogP contribution in [0.5, 0.6) is 0 Å². The maximum Gasteiger partial charge on any atom is 0.225 e. The standard InChI is InChI=1S/C21H19N5O/c1-14-19(17-6-2-3-7-18(17)25-14)20(27)16(11-22)10-15-12-23-21(24-13-15)26-8-4-5-9-26/h2-3,6-7,10,12-13,25H,4-5,8-9H2,1H3. The fourth-order valence-corrected chi connectivity index (χ4v) is 3.51. The Hall–Kier alpha value is -3.46. The Balaban J connectivity index is 1.65. The van der Waals surface area contributed by atoms with Gasteiger partial charge in [0.1, 0.15) is 11.6 Å². The van der Waals surface area contributed by atoms with Crippen LogP contribution >= 0.6 is 0 Å². The van der Waals surface area contributed by atoms with Gasteiger partial charge in [-0.05, 0) is 31.9 Å². The highest BCUT2D eigenvalue weighted by Crippen LogP contribution is 2.25. The minimum absolute atomic E-state index is 0.0698. The minimum Gasteiger partial charge on any atom is -0.358 e. The first-order valence-corrected chi connectivity index (χ1v) is 8.98. The number of allylic oxidation sites excluding steroid dienone is 1. The first-order chi connectivity index (χ1) is 13.2. The topological polar surface area (TPSA) is 85.7 Å². The van der Waals surface area contributed by atoms with E-state index in [1.807, 2.05) is 37.3 Å². The summed E-state index contributed by atoms with van der Waals surface area (Å²) in [6.45, 7) is 3.78. The Morgan fingerprint density at radius 1 is 1.22 bits per heavy atom. The highest BCUT2D eigenvalue weighted by Gasteiger charge is 2.20. The Morgan fingerprint density at radius 2 is 1.93 bits per heavy atom. The Morgan fingerprint density at radius 3 is 2.63 bits per heavy atom. The van der Waals surface area contributed by atoms with Crippen LogP contribution in [-0.2, 0) is 0 Å². The third-order valence-corrected chi connectivity index (χ3v) is 4.84. The number of aromatic amines is 1. The van der Waals surface area contributed by atoms with E-state index in [2.05, 4.69) is 19.9 Å². The Kier molecular flexibility index (Phi) is 4.43. The van der Waals surface area contributed by atoms with Crippen molar-refractivity contribution in [2.45, 2.75) is 19.8 Å². The van der Waals surface area contributed by atoms with Gasteiger partial charge >= 0.3 is 0 Å². The lowest BCUT2D eigenvalue weighted by molar-refractivity contribution is 0.104. The van der Waals surface area contributed by atoms with Crippen LogP contribution in [0.1, 0.15) is 34.5 Å². The van der Waals surface area contributed by atoms with Crippen LogP contribution in [0.2, 0.25) is 0 Å². The second-order valence-electron chi connectivity index (χ2n) is 6.68. The van der Waals surface area contributed by atoms with E-state index >= 15 is 0 Å². The van der Waals surface area contributed by atoms with E-state index in [1.54, 1.807) is 18.5 Å². The van der Waals surface area contributed by atoms with Crippen molar-refractivity contribution in [3.05, 3.63) is 59.1 Å². The molecule has 0 unspecified atom stereocenters. The quantitative estimate of drug-likeness (QED) is 0.437. The number of nitriles is 1. The molecule has 1 N–H and O–H groups in total. The molecule has 4 rings (SSSR count). The monoisotopic (exact) mass is 357 g/mol. The predicted octanol–water partition coefficient (Wildman–Crippen LogP) is 3.66. The zero-order chi connectivity index (χ0) is 18.8. The zero-order valence-electron chi connectivity index (χ0n) is 15.1. The molecule has 1 aromatic carbocycles. The van der Waals surface area contributed by atoms with Crippen molar-refractivity contribution in [1.29, 1.82) is 5.26 Å². The van der Waals surface area contributed by atoms with Crippen molar-refractivity contribution in [3.63, 3.8) is 0 Å². The van der Waals surface area contributed by atoms with Crippen molar-refractivity contribution >= 4 is 28.7 Å². The van der Waals surface area contributed by atoms with Gasteiger partial charge in [-0.2, -0.15) is 5.26 Å². The summed E-state index contributed by atoms with van der Waals surface area (Å²) < 4.78 is 0. The molecule has 27 heavy (non-hydrogen) atoms. The number of hydrogen-bond acceptors (Lipinski definition) is 5. The van der Waals surface area contributed by atoms with Gasteiger partial charge in [-0.3, -0.25) is 4.79 Å². The molecule has 1 aliphatic rings. The SMILES string of the molecule is Cc1[nH]c2ccccc2c1C(=O)C(C#N)=Cc1cnc(N2CCCC2)nc1. The third-order valence-electron chi connectivity index (χ3n) is 4.84. The molecule has 3 aromatic rings. The molecule has 3 heterocycles. The number of benzene rings is 1. The van der Waals surface area contributed by atoms with Gasteiger partial charge in [-0.25, -0.2) is 9.97 Å². The molecule has 0 bridgehead atoms. The number of rotatable bonds is 4. The van der Waals surface area contributed by atoms with Crippen molar-refractivity contribution < 1.29 is 4.79 Å². The van der Waals surface area contributed by atoms with E-state index in [-0.39, 0.29) is 11.4 Å². The van der Waals surface area contributed by atoms with Crippen LogP contribution < -0.4 is 4.90 Å². The summed E-state index contributed by atoms with van der Waals surface area (Å²) in [5, 5.41) is 10.4. The van der Waals surface area contributed by atoms with Crippen LogP contribution in [0, 0.1) is 18.3 Å². The van der Waals surface area contributed by atoms with Gasteiger partial charge < -0.3 is 9.88 Å². The molecule has 1 aliphatic heterocycles. The lowest BCUT2D eigenvalue weighted by Crippen LogP contribution is -2.20. The van der Waals surface area contributed by atoms with Gasteiger partial charge in [-0.15, -0.1) is 0 Å². The molecule has 0 amide bonds.